The zero-order chi connectivity index (χ0) is 22.6. The van der Waals surface area contributed by atoms with Gasteiger partial charge >= 0.3 is 11.9 Å². The number of carboxylic acid groups (broad SMARTS) is 2. The number of hydrogen-bond donors (Lipinski definition) is 4. The number of nitrogens with one attached hydrogen (secondary N) is 1. The number of carbonyl (C=O) groups excluding carboxylic acids is 1. The molecule has 1 amide bonds. The van der Waals surface area contributed by atoms with Crippen LogP contribution in [0.2, 0.25) is 0 Å². The number of carbonyl (C=O) groups is 3. The monoisotopic (exact) mass is 430 g/mol. The number of carboxylic acids is 2. The first-order valence-electron chi connectivity index (χ1n) is 11.4. The molecule has 0 spiro atoms. The third-order valence-electron chi connectivity index (χ3n) is 5.27. The van der Waals surface area contributed by atoms with Crippen molar-refractivity contribution in [2.24, 2.45) is 5.92 Å². The Labute approximate surface area is 181 Å². The summed E-state index contributed by atoms with van der Waals surface area (Å²) >= 11 is 0. The molecule has 8 heteroatoms. The molecule has 0 rings (SSSR count). The maximum absolute atomic E-state index is 12.5. The molecule has 0 heterocycles. The summed E-state index contributed by atoms with van der Waals surface area (Å²) in [4.78, 5) is 36.0. The van der Waals surface area contributed by atoms with Gasteiger partial charge in [-0.3, -0.25) is 19.3 Å². The van der Waals surface area contributed by atoms with Gasteiger partial charge in [-0.2, -0.15) is 0 Å². The van der Waals surface area contributed by atoms with E-state index in [1.54, 1.807) is 4.90 Å². The van der Waals surface area contributed by atoms with E-state index < -0.39 is 11.9 Å². The summed E-state index contributed by atoms with van der Waals surface area (Å²) in [5.74, 6) is -2.25. The van der Waals surface area contributed by atoms with E-state index in [2.05, 4.69) is 12.2 Å². The summed E-state index contributed by atoms with van der Waals surface area (Å²) in [7, 11) is 0. The molecule has 8 nitrogen and oxygen atoms in total. The van der Waals surface area contributed by atoms with Crippen molar-refractivity contribution >= 4 is 17.8 Å². The summed E-state index contributed by atoms with van der Waals surface area (Å²) in [5, 5.41) is 29.7. The Morgan fingerprint density at radius 1 is 0.800 bits per heavy atom. The predicted molar refractivity (Wildman–Crippen MR) is 116 cm³/mol. The smallest absolute Gasteiger partial charge is 0.304 e. The van der Waals surface area contributed by atoms with E-state index in [9.17, 15) is 14.4 Å². The first-order chi connectivity index (χ1) is 14.4. The summed E-state index contributed by atoms with van der Waals surface area (Å²) in [5.41, 5.74) is 0. The maximum Gasteiger partial charge on any atom is 0.304 e. The van der Waals surface area contributed by atoms with E-state index in [0.717, 1.165) is 19.3 Å². The van der Waals surface area contributed by atoms with Crippen molar-refractivity contribution in [3.63, 3.8) is 0 Å². The molecule has 0 fully saturated rings. The zero-order valence-corrected chi connectivity index (χ0v) is 18.6. The molecule has 0 aliphatic heterocycles. The van der Waals surface area contributed by atoms with Crippen LogP contribution >= 0.6 is 0 Å². The number of aliphatic hydroxyl groups excluding tert-OH is 1. The fourth-order valence-corrected chi connectivity index (χ4v) is 3.44. The van der Waals surface area contributed by atoms with Gasteiger partial charge in [0.2, 0.25) is 5.91 Å². The fraction of sp³-hybridized carbons (Fsp3) is 0.864. The Morgan fingerprint density at radius 3 is 1.97 bits per heavy atom. The van der Waals surface area contributed by atoms with Crippen molar-refractivity contribution in [2.75, 3.05) is 32.8 Å². The number of hydrogen-bond acceptors (Lipinski definition) is 5. The van der Waals surface area contributed by atoms with Crippen LogP contribution in [0.25, 0.3) is 0 Å². The van der Waals surface area contributed by atoms with Crippen molar-refractivity contribution in [3.05, 3.63) is 0 Å². The van der Waals surface area contributed by atoms with E-state index in [1.807, 2.05) is 0 Å². The van der Waals surface area contributed by atoms with Crippen LogP contribution in [0.5, 0.6) is 0 Å². The van der Waals surface area contributed by atoms with Crippen molar-refractivity contribution < 1.29 is 29.7 Å². The molecule has 0 aliphatic carbocycles. The molecule has 0 aromatic carbocycles. The third-order valence-corrected chi connectivity index (χ3v) is 5.27. The lowest BCUT2D eigenvalue weighted by molar-refractivity contribution is -0.138. The summed E-state index contributed by atoms with van der Waals surface area (Å²) in [6, 6.07) is 0. The highest BCUT2D eigenvalue weighted by atomic mass is 16.4. The second-order valence-corrected chi connectivity index (χ2v) is 7.89. The summed E-state index contributed by atoms with van der Waals surface area (Å²) < 4.78 is 0. The molecular weight excluding hydrogens is 388 g/mol. The molecule has 0 bridgehead atoms. The van der Waals surface area contributed by atoms with Gasteiger partial charge in [-0.15, -0.1) is 0 Å². The van der Waals surface area contributed by atoms with Crippen LogP contribution in [0.1, 0.15) is 84.0 Å². The van der Waals surface area contributed by atoms with Crippen molar-refractivity contribution in [1.29, 1.82) is 0 Å². The minimum absolute atomic E-state index is 0.0202. The normalized spacial score (nSPS) is 12.1. The van der Waals surface area contributed by atoms with Crippen molar-refractivity contribution in [2.45, 2.75) is 84.0 Å². The molecule has 30 heavy (non-hydrogen) atoms. The second-order valence-electron chi connectivity index (χ2n) is 7.89. The van der Waals surface area contributed by atoms with Gasteiger partial charge in [0.25, 0.3) is 0 Å². The van der Waals surface area contributed by atoms with Gasteiger partial charge in [0, 0.05) is 38.5 Å². The van der Waals surface area contributed by atoms with Gasteiger partial charge in [0.05, 0.1) is 13.0 Å². The average Bonchev–Trinajstić information content (AvgIpc) is 2.69. The van der Waals surface area contributed by atoms with Gasteiger partial charge in [-0.05, 0) is 12.8 Å². The fourth-order valence-electron chi connectivity index (χ4n) is 3.44. The number of nitrogens with zero attached hydrogens (tertiary/aromatic N) is 1. The van der Waals surface area contributed by atoms with Crippen LogP contribution in [0.3, 0.4) is 0 Å². The highest BCUT2D eigenvalue weighted by molar-refractivity contribution is 5.79. The molecule has 1 atom stereocenters. The van der Waals surface area contributed by atoms with Gasteiger partial charge in [-0.1, -0.05) is 58.3 Å². The van der Waals surface area contributed by atoms with Crippen LogP contribution in [-0.2, 0) is 14.4 Å². The van der Waals surface area contributed by atoms with Gasteiger partial charge < -0.3 is 20.6 Å². The molecule has 0 saturated heterocycles. The number of aliphatic hydroxyl groups is 1. The van der Waals surface area contributed by atoms with E-state index in [4.69, 9.17) is 15.3 Å². The highest BCUT2D eigenvalue weighted by Gasteiger charge is 2.19. The van der Waals surface area contributed by atoms with Crippen molar-refractivity contribution in [3.8, 4) is 0 Å². The predicted octanol–water partition coefficient (Wildman–Crippen LogP) is 2.88. The lowest BCUT2D eigenvalue weighted by Crippen LogP contribution is -2.39. The van der Waals surface area contributed by atoms with E-state index >= 15 is 0 Å². The Balaban J connectivity index is 4.29. The van der Waals surface area contributed by atoms with E-state index in [-0.39, 0.29) is 31.3 Å². The summed E-state index contributed by atoms with van der Waals surface area (Å²) in [6.07, 6.45) is 10.4. The van der Waals surface area contributed by atoms with Gasteiger partial charge in [0.15, 0.2) is 0 Å². The SMILES string of the molecule is CCCCCCCCCCC(CCC(=O)O)C(=O)NCCN(CCO)CCC(=O)O. The maximum atomic E-state index is 12.5. The van der Waals surface area contributed by atoms with Gasteiger partial charge in [0.1, 0.15) is 0 Å². The van der Waals surface area contributed by atoms with Crippen LogP contribution < -0.4 is 5.32 Å². The first-order valence-corrected chi connectivity index (χ1v) is 11.4. The first kappa shape index (κ1) is 28.3. The molecule has 4 N–H and O–H groups in total. The molecule has 176 valence electrons. The largest absolute Gasteiger partial charge is 0.481 e. The molecule has 0 saturated carbocycles. The zero-order valence-electron chi connectivity index (χ0n) is 18.6. The minimum atomic E-state index is -0.902. The van der Waals surface area contributed by atoms with Crippen LogP contribution in [-0.4, -0.2) is 70.9 Å². The standard InChI is InChI=1S/C22H42N2O6/c1-2-3-4-5-6-7-8-9-10-19(11-12-20(26)27)22(30)23-14-16-24(17-18-25)15-13-21(28)29/h19,25H,2-18H2,1H3,(H,23,30)(H,26,27)(H,28,29). The topological polar surface area (TPSA) is 127 Å². The summed E-state index contributed by atoms with van der Waals surface area (Å²) in [6.45, 7) is 3.58. The van der Waals surface area contributed by atoms with E-state index in [0.29, 0.717) is 39.0 Å². The minimum Gasteiger partial charge on any atom is -0.481 e. The molecule has 0 aromatic rings. The highest BCUT2D eigenvalue weighted by Crippen LogP contribution is 2.18. The Morgan fingerprint density at radius 2 is 1.40 bits per heavy atom. The van der Waals surface area contributed by atoms with Crippen molar-refractivity contribution in [1.82, 2.24) is 10.2 Å². The average molecular weight is 431 g/mol. The van der Waals surface area contributed by atoms with Gasteiger partial charge in [-0.25, -0.2) is 0 Å². The number of amides is 1. The number of unbranched alkanes of at least 4 members (excludes halogenated alkanes) is 7. The molecular formula is C22H42N2O6. The van der Waals surface area contributed by atoms with Crippen LogP contribution in [0.4, 0.5) is 0 Å². The molecule has 0 radical (unpaired) electrons. The lowest BCUT2D eigenvalue weighted by atomic mass is 9.94. The van der Waals surface area contributed by atoms with Crippen LogP contribution in [0, 0.1) is 5.92 Å². The molecule has 0 aliphatic rings. The second kappa shape index (κ2) is 19.3. The Hall–Kier alpha value is -1.67. The lowest BCUT2D eigenvalue weighted by Gasteiger charge is -2.22. The van der Waals surface area contributed by atoms with Crippen LogP contribution in [0.15, 0.2) is 0 Å². The Bertz CT molecular complexity index is 473. The quantitative estimate of drug-likeness (QED) is 0.206. The molecule has 0 aromatic heterocycles. The molecule has 1 unspecified atom stereocenters. The Kier molecular flexibility index (Phi) is 18.2. The number of rotatable bonds is 21. The third kappa shape index (κ3) is 17.2. The number of aliphatic carboxylic acids is 2. The van der Waals surface area contributed by atoms with E-state index in [1.165, 1.54) is 32.1 Å².